The van der Waals surface area contributed by atoms with Crippen molar-refractivity contribution < 1.29 is 38.5 Å². The van der Waals surface area contributed by atoms with Crippen molar-refractivity contribution in [3.8, 4) is 0 Å². The van der Waals surface area contributed by atoms with Gasteiger partial charge in [-0.1, -0.05) is 0 Å². The van der Waals surface area contributed by atoms with Gasteiger partial charge in [0.05, 0.1) is 20.3 Å². The molecule has 8 nitrogen and oxygen atoms in total. The van der Waals surface area contributed by atoms with Crippen LogP contribution in [0.15, 0.2) is 11.8 Å². The Labute approximate surface area is 130 Å². The number of carbonyl (C=O) groups excluding carboxylic acids is 4. The standard InChI is InChI=1S/C15H14O8/c1-7(16)13-6-23-11(19)14(13)5-22-4-12(14)8(17)3-9(21-2)15(13,20)10(12)18/h3,20H,4-6H2,1-2H3. The summed E-state index contributed by atoms with van der Waals surface area (Å²) in [5, 5.41) is 11.3. The number of ether oxygens (including phenoxy) is 3. The Morgan fingerprint density at radius 3 is 2.57 bits per heavy atom. The summed E-state index contributed by atoms with van der Waals surface area (Å²) in [5.74, 6) is -3.44. The average Bonchev–Trinajstić information content (AvgIpc) is 3.07. The molecule has 2 aliphatic heterocycles. The molecule has 2 bridgehead atoms. The first-order valence-electron chi connectivity index (χ1n) is 7.11. The first-order valence-corrected chi connectivity index (χ1v) is 7.11. The molecule has 8 heteroatoms. The van der Waals surface area contributed by atoms with E-state index >= 15 is 0 Å². The highest BCUT2D eigenvalue weighted by atomic mass is 16.6. The van der Waals surface area contributed by atoms with E-state index in [9.17, 15) is 24.3 Å². The second-order valence-electron chi connectivity index (χ2n) is 6.46. The number of Topliss-reactive ketones (excluding diaryl/α,β-unsaturated/α-hetero) is 2. The van der Waals surface area contributed by atoms with Gasteiger partial charge in [0.15, 0.2) is 17.2 Å². The Kier molecular flexibility index (Phi) is 2.34. The van der Waals surface area contributed by atoms with E-state index in [2.05, 4.69) is 0 Å². The maximum atomic E-state index is 13.1. The molecule has 4 rings (SSSR count). The van der Waals surface area contributed by atoms with E-state index in [4.69, 9.17) is 14.2 Å². The highest BCUT2D eigenvalue weighted by Crippen LogP contribution is 2.74. The summed E-state index contributed by atoms with van der Waals surface area (Å²) in [7, 11) is 1.19. The molecule has 23 heavy (non-hydrogen) atoms. The van der Waals surface area contributed by atoms with Gasteiger partial charge in [-0.25, -0.2) is 0 Å². The number of carbonyl (C=O) groups is 4. The summed E-state index contributed by atoms with van der Waals surface area (Å²) in [6.45, 7) is -0.0391. The molecule has 122 valence electrons. The van der Waals surface area contributed by atoms with Gasteiger partial charge >= 0.3 is 5.97 Å². The Bertz CT molecular complexity index is 738. The monoisotopic (exact) mass is 322 g/mol. The van der Waals surface area contributed by atoms with Gasteiger partial charge < -0.3 is 19.3 Å². The van der Waals surface area contributed by atoms with Gasteiger partial charge in [-0.3, -0.25) is 19.2 Å². The zero-order chi connectivity index (χ0) is 16.8. The summed E-state index contributed by atoms with van der Waals surface area (Å²) in [6, 6.07) is 0. The van der Waals surface area contributed by atoms with Crippen molar-refractivity contribution in [2.24, 2.45) is 16.2 Å². The molecule has 0 radical (unpaired) electrons. The summed E-state index contributed by atoms with van der Waals surface area (Å²) >= 11 is 0. The molecule has 4 unspecified atom stereocenters. The van der Waals surface area contributed by atoms with E-state index in [0.29, 0.717) is 0 Å². The molecule has 3 fully saturated rings. The van der Waals surface area contributed by atoms with E-state index in [1.807, 2.05) is 0 Å². The fourth-order valence-corrected chi connectivity index (χ4v) is 5.02. The van der Waals surface area contributed by atoms with Crippen LogP contribution in [0.3, 0.4) is 0 Å². The zero-order valence-electron chi connectivity index (χ0n) is 12.5. The lowest BCUT2D eigenvalue weighted by atomic mass is 9.56. The molecule has 2 saturated heterocycles. The Balaban J connectivity index is 2.20. The lowest BCUT2D eigenvalue weighted by molar-refractivity contribution is -0.163. The van der Waals surface area contributed by atoms with Crippen molar-refractivity contribution in [3.05, 3.63) is 11.8 Å². The van der Waals surface area contributed by atoms with E-state index in [0.717, 1.165) is 6.08 Å². The number of rotatable bonds is 2. The fourth-order valence-electron chi connectivity index (χ4n) is 5.02. The highest BCUT2D eigenvalue weighted by molar-refractivity contribution is 6.28. The van der Waals surface area contributed by atoms with Crippen molar-refractivity contribution in [1.29, 1.82) is 0 Å². The fraction of sp³-hybridized carbons (Fsp3) is 0.600. The lowest BCUT2D eigenvalue weighted by Gasteiger charge is -2.40. The van der Waals surface area contributed by atoms with Crippen LogP contribution in [0.25, 0.3) is 0 Å². The Morgan fingerprint density at radius 2 is 1.96 bits per heavy atom. The van der Waals surface area contributed by atoms with Gasteiger partial charge in [-0.15, -0.1) is 0 Å². The van der Waals surface area contributed by atoms with Crippen LogP contribution < -0.4 is 0 Å². The number of esters is 1. The second kappa shape index (κ2) is 3.70. The highest BCUT2D eigenvalue weighted by Gasteiger charge is 2.95. The van der Waals surface area contributed by atoms with Crippen LogP contribution in [0.5, 0.6) is 0 Å². The largest absolute Gasteiger partial charge is 0.497 e. The minimum Gasteiger partial charge on any atom is -0.497 e. The summed E-state index contributed by atoms with van der Waals surface area (Å²) in [5.41, 5.74) is -8.15. The van der Waals surface area contributed by atoms with Gasteiger partial charge in [0.1, 0.15) is 34.4 Å². The van der Waals surface area contributed by atoms with Crippen LogP contribution in [0, 0.1) is 16.2 Å². The summed E-state index contributed by atoms with van der Waals surface area (Å²) in [6.07, 6.45) is 0.994. The lowest BCUT2D eigenvalue weighted by Crippen LogP contribution is -2.60. The minimum atomic E-state index is -2.42. The molecule has 0 aromatic rings. The quantitative estimate of drug-likeness (QED) is 0.485. The van der Waals surface area contributed by atoms with Crippen molar-refractivity contribution >= 4 is 23.3 Å². The molecule has 0 aromatic carbocycles. The molecule has 1 saturated carbocycles. The molecule has 2 aliphatic carbocycles. The smallest absolute Gasteiger partial charge is 0.317 e. The maximum absolute atomic E-state index is 13.1. The maximum Gasteiger partial charge on any atom is 0.317 e. The van der Waals surface area contributed by atoms with Crippen LogP contribution in [0.4, 0.5) is 0 Å². The molecular formula is C15H14O8. The summed E-state index contributed by atoms with van der Waals surface area (Å²) < 4.78 is 15.5. The van der Waals surface area contributed by atoms with E-state index < -0.39 is 51.8 Å². The molecule has 4 aliphatic rings. The van der Waals surface area contributed by atoms with Crippen LogP contribution in [-0.4, -0.2) is 61.0 Å². The van der Waals surface area contributed by atoms with Gasteiger partial charge in [0.2, 0.25) is 0 Å². The molecule has 1 N–H and O–H groups in total. The van der Waals surface area contributed by atoms with Crippen molar-refractivity contribution in [2.45, 2.75) is 12.5 Å². The number of cyclic esters (lactones) is 1. The van der Waals surface area contributed by atoms with Crippen LogP contribution >= 0.6 is 0 Å². The van der Waals surface area contributed by atoms with Crippen molar-refractivity contribution in [1.82, 2.24) is 0 Å². The SMILES string of the molecule is COC1=CC(=O)C23COCC24C(=O)OCC4(C(C)=O)C1(O)C3=O. The molecule has 2 heterocycles. The number of aliphatic hydroxyl groups is 1. The first kappa shape index (κ1) is 14.5. The molecule has 2 spiro atoms. The number of methoxy groups -OCH3 is 1. The Morgan fingerprint density at radius 1 is 1.26 bits per heavy atom. The van der Waals surface area contributed by atoms with E-state index in [1.54, 1.807) is 0 Å². The minimum absolute atomic E-state index is 0.333. The zero-order valence-corrected chi connectivity index (χ0v) is 12.5. The third-order valence-electron chi connectivity index (χ3n) is 6.06. The van der Waals surface area contributed by atoms with Crippen LogP contribution in [0.2, 0.25) is 0 Å². The molecular weight excluding hydrogens is 308 g/mol. The number of ketones is 3. The average molecular weight is 322 g/mol. The van der Waals surface area contributed by atoms with E-state index in [1.165, 1.54) is 14.0 Å². The molecule has 0 aromatic heterocycles. The predicted molar refractivity (Wildman–Crippen MR) is 69.8 cm³/mol. The topological polar surface area (TPSA) is 116 Å². The number of hydrogen-bond acceptors (Lipinski definition) is 8. The van der Waals surface area contributed by atoms with Crippen molar-refractivity contribution in [3.63, 3.8) is 0 Å². The predicted octanol–water partition coefficient (Wildman–Crippen LogP) is -1.45. The van der Waals surface area contributed by atoms with Gasteiger partial charge in [0, 0.05) is 6.08 Å². The normalized spacial score (nSPS) is 47.1. The summed E-state index contributed by atoms with van der Waals surface area (Å²) in [4.78, 5) is 51.1. The Hall–Kier alpha value is -2.06. The molecule has 4 atom stereocenters. The first-order chi connectivity index (χ1) is 10.8. The van der Waals surface area contributed by atoms with Gasteiger partial charge in [-0.05, 0) is 6.92 Å². The van der Waals surface area contributed by atoms with Crippen molar-refractivity contribution in [2.75, 3.05) is 26.9 Å². The second-order valence-corrected chi connectivity index (χ2v) is 6.46. The van der Waals surface area contributed by atoms with E-state index in [-0.39, 0.29) is 19.0 Å². The third kappa shape index (κ3) is 0.980. The number of allylic oxidation sites excluding steroid dienone is 1. The number of hydrogen-bond donors (Lipinski definition) is 1. The van der Waals surface area contributed by atoms with Gasteiger partial charge in [-0.2, -0.15) is 0 Å². The molecule has 0 amide bonds. The van der Waals surface area contributed by atoms with Gasteiger partial charge in [0.25, 0.3) is 0 Å². The van der Waals surface area contributed by atoms with Crippen LogP contribution in [-0.2, 0) is 33.4 Å². The number of fused-ring (bicyclic) bond motifs is 2. The third-order valence-corrected chi connectivity index (χ3v) is 6.06. The van der Waals surface area contributed by atoms with Crippen LogP contribution in [0.1, 0.15) is 6.92 Å².